The third-order valence-corrected chi connectivity index (χ3v) is 8.17. The summed E-state index contributed by atoms with van der Waals surface area (Å²) in [6.07, 6.45) is -4.63. The van der Waals surface area contributed by atoms with Gasteiger partial charge in [0.15, 0.2) is 11.5 Å². The van der Waals surface area contributed by atoms with Gasteiger partial charge in [-0.05, 0) is 47.5 Å². The smallest absolute Gasteiger partial charge is 0.433 e. The number of fused-ring (bicyclic) bond motifs is 1. The van der Waals surface area contributed by atoms with E-state index < -0.39 is 11.9 Å². The number of pyridine rings is 1. The average Bonchev–Trinajstić information content (AvgIpc) is 3.49. The number of nitrogens with two attached hydrogens (primary N) is 1. The summed E-state index contributed by atoms with van der Waals surface area (Å²) in [6.45, 7) is 2.00. The van der Waals surface area contributed by atoms with Crippen LogP contribution in [0.15, 0.2) is 83.3 Å². The van der Waals surface area contributed by atoms with Crippen LogP contribution in [0.1, 0.15) is 39.1 Å². The van der Waals surface area contributed by atoms with Gasteiger partial charge < -0.3 is 19.8 Å². The van der Waals surface area contributed by atoms with Gasteiger partial charge >= 0.3 is 6.18 Å². The molecule has 0 saturated carbocycles. The second kappa shape index (κ2) is 12.5. The number of nitrogens with zero attached hydrogens (tertiary/aromatic N) is 4. The van der Waals surface area contributed by atoms with Gasteiger partial charge in [0.2, 0.25) is 5.89 Å². The van der Waals surface area contributed by atoms with Crippen LogP contribution >= 0.6 is 11.6 Å². The first kappa shape index (κ1) is 30.6. The Morgan fingerprint density at radius 3 is 2.29 bits per heavy atom. The molecule has 0 bridgehead atoms. The van der Waals surface area contributed by atoms with Gasteiger partial charge in [-0.2, -0.15) is 13.2 Å². The van der Waals surface area contributed by atoms with Gasteiger partial charge in [-0.25, -0.2) is 9.97 Å². The summed E-state index contributed by atoms with van der Waals surface area (Å²) < 4.78 is 51.4. The molecule has 3 aromatic carbocycles. The highest BCUT2D eigenvalue weighted by atomic mass is 35.5. The zero-order valence-corrected chi connectivity index (χ0v) is 25.0. The van der Waals surface area contributed by atoms with Crippen molar-refractivity contribution >= 4 is 28.4 Å². The Hall–Kier alpha value is -4.45. The number of carbonyl (C=O) groups excluding carboxylic acids is 1. The summed E-state index contributed by atoms with van der Waals surface area (Å²) in [4.78, 5) is 26.1. The van der Waals surface area contributed by atoms with Crippen LogP contribution in [-0.4, -0.2) is 59.0 Å². The molecule has 5 aromatic rings. The normalized spacial score (nSPS) is 14.9. The number of carbonyl (C=O) groups is 1. The highest BCUT2D eigenvalue weighted by molar-refractivity contribution is 6.30. The summed E-state index contributed by atoms with van der Waals surface area (Å²) in [6, 6.07) is 23.2. The van der Waals surface area contributed by atoms with Crippen molar-refractivity contribution in [1.29, 1.82) is 0 Å². The van der Waals surface area contributed by atoms with Crippen LogP contribution in [0.25, 0.3) is 22.4 Å². The number of oxazole rings is 1. The second-order valence-electron chi connectivity index (χ2n) is 10.6. The minimum Gasteiger partial charge on any atom is -0.494 e. The molecule has 1 fully saturated rings. The lowest BCUT2D eigenvalue weighted by Crippen LogP contribution is -2.50. The lowest BCUT2D eigenvalue weighted by molar-refractivity contribution is -0.140. The van der Waals surface area contributed by atoms with E-state index in [4.69, 9.17) is 26.5 Å². The van der Waals surface area contributed by atoms with E-state index in [2.05, 4.69) is 27.0 Å². The number of alkyl halides is 3. The summed E-state index contributed by atoms with van der Waals surface area (Å²) in [7, 11) is 1.35. The van der Waals surface area contributed by atoms with Gasteiger partial charge in [-0.15, -0.1) is 0 Å². The van der Waals surface area contributed by atoms with E-state index in [0.717, 1.165) is 17.2 Å². The molecule has 1 unspecified atom stereocenters. The molecular formula is C33H29ClF3N5O3. The Labute approximate surface area is 262 Å². The van der Waals surface area contributed by atoms with Crippen LogP contribution in [0.3, 0.4) is 0 Å². The van der Waals surface area contributed by atoms with Crippen LogP contribution in [0.4, 0.5) is 13.2 Å². The van der Waals surface area contributed by atoms with E-state index >= 15 is 0 Å². The van der Waals surface area contributed by atoms with Crippen molar-refractivity contribution in [2.75, 3.05) is 33.3 Å². The van der Waals surface area contributed by atoms with Crippen LogP contribution in [-0.2, 0) is 12.7 Å². The summed E-state index contributed by atoms with van der Waals surface area (Å²) >= 11 is 6.16. The lowest BCUT2D eigenvalue weighted by atomic mass is 9.96. The van der Waals surface area contributed by atoms with Crippen molar-refractivity contribution < 1.29 is 27.1 Å². The quantitative estimate of drug-likeness (QED) is 0.216. The van der Waals surface area contributed by atoms with Crippen molar-refractivity contribution in [2.45, 2.75) is 18.8 Å². The first-order chi connectivity index (χ1) is 21.7. The van der Waals surface area contributed by atoms with Gasteiger partial charge in [-0.3, -0.25) is 9.69 Å². The van der Waals surface area contributed by atoms with E-state index in [1.165, 1.54) is 19.2 Å². The first-order valence-electron chi connectivity index (χ1n) is 14.3. The molecule has 12 heteroatoms. The number of methoxy groups -OCH3 is 1. The highest BCUT2D eigenvalue weighted by Crippen LogP contribution is 2.37. The number of aromatic nitrogens is 2. The molecule has 232 valence electrons. The predicted molar refractivity (Wildman–Crippen MR) is 164 cm³/mol. The standard InChI is InChI=1S/C33H29ClF3N5O3/c1-44-25-13-11-24(23-12-14-27(33(35,36)37)39-28(23)25)31-40-29(26(19-38)45-31)32(43)42-17-15-41(16-18-42)30(20-5-3-2-4-6-20)21-7-9-22(34)10-8-21/h2-14,30H,15-19,38H2,1H3. The fraction of sp³-hybridized carbons (Fsp3) is 0.242. The molecule has 8 nitrogen and oxygen atoms in total. The first-order valence-corrected chi connectivity index (χ1v) is 14.6. The van der Waals surface area contributed by atoms with Crippen molar-refractivity contribution in [3.63, 3.8) is 0 Å². The third-order valence-electron chi connectivity index (χ3n) is 7.91. The largest absolute Gasteiger partial charge is 0.494 e. The fourth-order valence-electron chi connectivity index (χ4n) is 5.70. The Morgan fingerprint density at radius 2 is 1.64 bits per heavy atom. The lowest BCUT2D eigenvalue weighted by Gasteiger charge is -2.39. The molecule has 1 aliphatic heterocycles. The number of benzene rings is 3. The molecule has 1 saturated heterocycles. The van der Waals surface area contributed by atoms with Crippen LogP contribution in [0.5, 0.6) is 5.75 Å². The maximum Gasteiger partial charge on any atom is 0.433 e. The van der Waals surface area contributed by atoms with Crippen molar-refractivity contribution in [3.8, 4) is 17.2 Å². The molecular weight excluding hydrogens is 607 g/mol. The number of ether oxygens (including phenoxy) is 1. The number of amides is 1. The minimum atomic E-state index is -4.63. The van der Waals surface area contributed by atoms with Crippen LogP contribution in [0, 0.1) is 0 Å². The van der Waals surface area contributed by atoms with E-state index in [0.29, 0.717) is 42.2 Å². The Morgan fingerprint density at radius 1 is 0.956 bits per heavy atom. The zero-order valence-electron chi connectivity index (χ0n) is 24.2. The number of rotatable bonds is 7. The fourth-order valence-corrected chi connectivity index (χ4v) is 5.83. The number of halogens is 4. The van der Waals surface area contributed by atoms with Crippen molar-refractivity contribution in [1.82, 2.24) is 19.8 Å². The van der Waals surface area contributed by atoms with Crippen LogP contribution in [0.2, 0.25) is 5.02 Å². The second-order valence-corrected chi connectivity index (χ2v) is 11.0. The van der Waals surface area contributed by atoms with Gasteiger partial charge in [-0.1, -0.05) is 54.1 Å². The van der Waals surface area contributed by atoms with Gasteiger partial charge in [0.25, 0.3) is 5.91 Å². The molecule has 3 heterocycles. The molecule has 45 heavy (non-hydrogen) atoms. The monoisotopic (exact) mass is 635 g/mol. The molecule has 0 radical (unpaired) electrons. The van der Waals surface area contributed by atoms with Gasteiger partial charge in [0.05, 0.1) is 19.7 Å². The predicted octanol–water partition coefficient (Wildman–Crippen LogP) is 6.58. The molecule has 2 aromatic heterocycles. The van der Waals surface area contributed by atoms with Gasteiger partial charge in [0.1, 0.15) is 17.0 Å². The average molecular weight is 636 g/mol. The van der Waals surface area contributed by atoms with E-state index in [9.17, 15) is 18.0 Å². The highest BCUT2D eigenvalue weighted by Gasteiger charge is 2.34. The van der Waals surface area contributed by atoms with Crippen molar-refractivity contribution in [2.24, 2.45) is 5.73 Å². The Bertz CT molecular complexity index is 1820. The maximum atomic E-state index is 13.8. The summed E-state index contributed by atoms with van der Waals surface area (Å²) in [5.41, 5.74) is 7.56. The topological polar surface area (TPSA) is 97.7 Å². The molecule has 0 spiro atoms. The molecule has 1 amide bonds. The molecule has 6 rings (SSSR count). The summed E-state index contributed by atoms with van der Waals surface area (Å²) in [5.74, 6) is 0.0679. The van der Waals surface area contributed by atoms with Crippen molar-refractivity contribution in [3.05, 3.63) is 112 Å². The Balaban J connectivity index is 1.26. The van der Waals surface area contributed by atoms with E-state index in [1.807, 2.05) is 42.5 Å². The number of piperazine rings is 1. The minimum absolute atomic E-state index is 0.00465. The maximum absolute atomic E-state index is 13.8. The zero-order chi connectivity index (χ0) is 31.7. The van der Waals surface area contributed by atoms with E-state index in [-0.39, 0.29) is 47.1 Å². The SMILES string of the molecule is COc1ccc(-c2nc(C(=O)N3CCN(C(c4ccccc4)c4ccc(Cl)cc4)CC3)c(CN)o2)c2ccc(C(F)(F)F)nc12. The van der Waals surface area contributed by atoms with Gasteiger partial charge in [0, 0.05) is 42.2 Å². The number of hydrogen-bond acceptors (Lipinski definition) is 7. The number of hydrogen-bond donors (Lipinski definition) is 1. The molecule has 1 atom stereocenters. The Kier molecular flexibility index (Phi) is 8.50. The third kappa shape index (κ3) is 6.11. The summed E-state index contributed by atoms with van der Waals surface area (Å²) in [5, 5.41) is 0.988. The molecule has 2 N–H and O–H groups in total. The van der Waals surface area contributed by atoms with E-state index in [1.54, 1.807) is 11.0 Å². The van der Waals surface area contributed by atoms with Crippen LogP contribution < -0.4 is 10.5 Å². The molecule has 1 aliphatic rings. The molecule has 0 aliphatic carbocycles.